The van der Waals surface area contributed by atoms with Crippen LogP contribution in [0.1, 0.15) is 0 Å². The van der Waals surface area contributed by atoms with Gasteiger partial charge in [-0.05, 0) is 127 Å². The van der Waals surface area contributed by atoms with E-state index in [0.717, 1.165) is 45.0 Å². The van der Waals surface area contributed by atoms with Gasteiger partial charge in [0.1, 0.15) is 0 Å². The Balaban J connectivity index is 1.07. The summed E-state index contributed by atoms with van der Waals surface area (Å²) in [5.74, 6) is 0. The molecule has 0 spiro atoms. The van der Waals surface area contributed by atoms with Crippen molar-refractivity contribution < 1.29 is 0 Å². The molecule has 12 aromatic carbocycles. The highest BCUT2D eigenvalue weighted by Crippen LogP contribution is 2.49. The molecule has 0 unspecified atom stereocenters. The minimum Gasteiger partial charge on any atom is -0.309 e. The van der Waals surface area contributed by atoms with Crippen LogP contribution >= 0.6 is 0 Å². The number of para-hydroxylation sites is 2. The zero-order chi connectivity index (χ0) is 46.4. The highest BCUT2D eigenvalue weighted by molar-refractivity contribution is 6.14. The first-order valence-electron chi connectivity index (χ1n) is 24.1. The summed E-state index contributed by atoms with van der Waals surface area (Å²) >= 11 is 0. The SMILES string of the molecule is c1ccc(-c2ccc(N(c3ccc(-c4ccccc4)c(-c4cccc5ccccc45)c3)c3ccccc3-c3cccc(-n4c5ccccc5c5cc6ccccc6cc54)c3)c(-c3ccccc3)c2)cc1. The number of benzene rings is 12. The summed E-state index contributed by atoms with van der Waals surface area (Å²) in [5, 5.41) is 7.40. The van der Waals surface area contributed by atoms with Crippen molar-refractivity contribution in [2.24, 2.45) is 0 Å². The summed E-state index contributed by atoms with van der Waals surface area (Å²) in [7, 11) is 0. The third-order valence-electron chi connectivity index (χ3n) is 14.0. The molecule has 0 aliphatic heterocycles. The van der Waals surface area contributed by atoms with Gasteiger partial charge in [-0.15, -0.1) is 0 Å². The van der Waals surface area contributed by atoms with Crippen LogP contribution in [0.15, 0.2) is 279 Å². The first-order chi connectivity index (χ1) is 34.7. The number of rotatable bonds is 9. The van der Waals surface area contributed by atoms with Crippen molar-refractivity contribution in [2.45, 2.75) is 0 Å². The van der Waals surface area contributed by atoms with E-state index in [1.54, 1.807) is 0 Å². The zero-order valence-electron chi connectivity index (χ0n) is 38.5. The summed E-state index contributed by atoms with van der Waals surface area (Å²) < 4.78 is 2.44. The summed E-state index contributed by atoms with van der Waals surface area (Å²) in [4.78, 5) is 2.50. The van der Waals surface area contributed by atoms with Crippen molar-refractivity contribution in [3.8, 4) is 61.3 Å². The average Bonchev–Trinajstić information content (AvgIpc) is 3.76. The molecule has 1 aromatic heterocycles. The van der Waals surface area contributed by atoms with Crippen molar-refractivity contribution in [1.82, 2.24) is 4.57 Å². The van der Waals surface area contributed by atoms with E-state index in [2.05, 4.69) is 289 Å². The summed E-state index contributed by atoms with van der Waals surface area (Å²) in [6.45, 7) is 0. The van der Waals surface area contributed by atoms with Crippen LogP contribution < -0.4 is 4.90 Å². The molecule has 0 atom stereocenters. The molecule has 13 aromatic rings. The molecule has 2 heteroatoms. The van der Waals surface area contributed by atoms with E-state index in [-0.39, 0.29) is 0 Å². The molecule has 328 valence electrons. The fourth-order valence-corrected chi connectivity index (χ4v) is 10.7. The molecule has 0 amide bonds. The smallest absolute Gasteiger partial charge is 0.0547 e. The molecule has 0 bridgehead atoms. The Hall–Kier alpha value is -9.24. The summed E-state index contributed by atoms with van der Waals surface area (Å²) in [5.41, 5.74) is 18.3. The molecule has 70 heavy (non-hydrogen) atoms. The number of hydrogen-bond donors (Lipinski definition) is 0. The van der Waals surface area contributed by atoms with Gasteiger partial charge < -0.3 is 9.47 Å². The molecule has 0 aliphatic carbocycles. The van der Waals surface area contributed by atoms with Crippen LogP contribution in [0, 0.1) is 0 Å². The fraction of sp³-hybridized carbons (Fsp3) is 0. The van der Waals surface area contributed by atoms with Gasteiger partial charge in [0.15, 0.2) is 0 Å². The van der Waals surface area contributed by atoms with Crippen LogP contribution in [-0.2, 0) is 0 Å². The Morgan fingerprint density at radius 3 is 1.60 bits per heavy atom. The number of hydrogen-bond acceptors (Lipinski definition) is 1. The topological polar surface area (TPSA) is 8.17 Å². The molecule has 2 nitrogen and oxygen atoms in total. The van der Waals surface area contributed by atoms with E-state index in [0.29, 0.717) is 0 Å². The van der Waals surface area contributed by atoms with E-state index in [4.69, 9.17) is 0 Å². The number of nitrogens with zero attached hydrogens (tertiary/aromatic N) is 2. The lowest BCUT2D eigenvalue weighted by Gasteiger charge is -2.31. The van der Waals surface area contributed by atoms with Gasteiger partial charge in [-0.3, -0.25) is 0 Å². The third kappa shape index (κ3) is 7.22. The Kier molecular flexibility index (Phi) is 10.2. The van der Waals surface area contributed by atoms with Crippen LogP contribution in [0.25, 0.3) is 105 Å². The Morgan fingerprint density at radius 2 is 0.814 bits per heavy atom. The Bertz CT molecular complexity index is 4050. The average molecular weight is 891 g/mol. The zero-order valence-corrected chi connectivity index (χ0v) is 38.5. The normalized spacial score (nSPS) is 11.4. The van der Waals surface area contributed by atoms with Crippen LogP contribution in [0.2, 0.25) is 0 Å². The van der Waals surface area contributed by atoms with Gasteiger partial charge in [0.2, 0.25) is 0 Å². The summed E-state index contributed by atoms with van der Waals surface area (Å²) in [6.07, 6.45) is 0. The number of aromatic nitrogens is 1. The second-order valence-electron chi connectivity index (χ2n) is 18.1. The Morgan fingerprint density at radius 1 is 0.243 bits per heavy atom. The third-order valence-corrected chi connectivity index (χ3v) is 14.0. The van der Waals surface area contributed by atoms with Gasteiger partial charge in [-0.25, -0.2) is 0 Å². The molecule has 0 N–H and O–H groups in total. The van der Waals surface area contributed by atoms with Gasteiger partial charge in [-0.2, -0.15) is 0 Å². The van der Waals surface area contributed by atoms with Crippen molar-refractivity contribution in [1.29, 1.82) is 0 Å². The van der Waals surface area contributed by atoms with E-state index in [1.165, 1.54) is 76.7 Å². The first-order valence-corrected chi connectivity index (χ1v) is 24.1. The molecule has 1 heterocycles. The highest BCUT2D eigenvalue weighted by atomic mass is 15.1. The lowest BCUT2D eigenvalue weighted by Crippen LogP contribution is -2.13. The maximum absolute atomic E-state index is 2.50. The highest BCUT2D eigenvalue weighted by Gasteiger charge is 2.24. The predicted molar refractivity (Wildman–Crippen MR) is 298 cm³/mol. The fourth-order valence-electron chi connectivity index (χ4n) is 10.7. The van der Waals surface area contributed by atoms with Crippen molar-refractivity contribution in [2.75, 3.05) is 4.90 Å². The largest absolute Gasteiger partial charge is 0.309 e. The van der Waals surface area contributed by atoms with Crippen molar-refractivity contribution >= 4 is 60.4 Å². The van der Waals surface area contributed by atoms with Crippen LogP contribution in [0.4, 0.5) is 17.1 Å². The number of anilines is 3. The first kappa shape index (κ1) is 41.0. The van der Waals surface area contributed by atoms with E-state index >= 15 is 0 Å². The second kappa shape index (κ2) is 17.4. The second-order valence-corrected chi connectivity index (χ2v) is 18.1. The monoisotopic (exact) mass is 890 g/mol. The molecular formula is C68H46N2. The summed E-state index contributed by atoms with van der Waals surface area (Å²) in [6, 6.07) is 102. The Labute approximate surface area is 408 Å². The molecular weight excluding hydrogens is 845 g/mol. The van der Waals surface area contributed by atoms with Crippen molar-refractivity contribution in [3.05, 3.63) is 279 Å². The van der Waals surface area contributed by atoms with Crippen LogP contribution in [-0.4, -0.2) is 4.57 Å². The van der Waals surface area contributed by atoms with E-state index < -0.39 is 0 Å². The standard InChI is InChI=1S/C68H46N2/c1-4-20-47(21-5-1)53-38-41-67(62(43-53)50-24-8-3-9-25-50)69(56-39-40-58(48-22-6-2-7-23-48)63(46-56)60-35-19-29-49-26-12-13-32-57(49)60)65-36-16-14-33-59(65)54-30-18-31-55(42-54)70-66-37-17-15-34-61(66)64-44-51-27-10-11-28-52(51)45-68(64)70/h1-46H. The van der Waals surface area contributed by atoms with Gasteiger partial charge in [0, 0.05) is 33.3 Å². The molecule has 0 saturated heterocycles. The number of fused-ring (bicyclic) bond motifs is 5. The quantitative estimate of drug-likeness (QED) is 0.140. The van der Waals surface area contributed by atoms with Crippen LogP contribution in [0.3, 0.4) is 0 Å². The van der Waals surface area contributed by atoms with Crippen LogP contribution in [0.5, 0.6) is 0 Å². The van der Waals surface area contributed by atoms with Gasteiger partial charge in [0.25, 0.3) is 0 Å². The lowest BCUT2D eigenvalue weighted by atomic mass is 9.90. The van der Waals surface area contributed by atoms with Crippen molar-refractivity contribution in [3.63, 3.8) is 0 Å². The molecule has 13 rings (SSSR count). The maximum Gasteiger partial charge on any atom is 0.0547 e. The maximum atomic E-state index is 2.50. The van der Waals surface area contributed by atoms with Gasteiger partial charge >= 0.3 is 0 Å². The molecule has 0 fully saturated rings. The lowest BCUT2D eigenvalue weighted by molar-refractivity contribution is 1.18. The minimum absolute atomic E-state index is 1.06. The molecule has 0 saturated carbocycles. The predicted octanol–water partition coefficient (Wildman–Crippen LogP) is 18.9. The molecule has 0 radical (unpaired) electrons. The molecule has 0 aliphatic rings. The van der Waals surface area contributed by atoms with Gasteiger partial charge in [-0.1, -0.05) is 218 Å². The minimum atomic E-state index is 1.06. The van der Waals surface area contributed by atoms with E-state index in [1.807, 2.05) is 0 Å². The van der Waals surface area contributed by atoms with Gasteiger partial charge in [0.05, 0.1) is 22.4 Å². The van der Waals surface area contributed by atoms with E-state index in [9.17, 15) is 0 Å².